The minimum absolute atomic E-state index is 0.00743. The Morgan fingerprint density at radius 3 is 2.33 bits per heavy atom. The van der Waals surface area contributed by atoms with E-state index in [0.717, 1.165) is 25.3 Å². The fourth-order valence-corrected chi connectivity index (χ4v) is 2.47. The maximum atomic E-state index is 12.9. The molecule has 0 N–H and O–H groups in total. The van der Waals surface area contributed by atoms with Crippen molar-refractivity contribution in [1.29, 1.82) is 0 Å². The van der Waals surface area contributed by atoms with Crippen LogP contribution < -0.4 is 11.2 Å². The Hall–Kier alpha value is -3.02. The van der Waals surface area contributed by atoms with Crippen molar-refractivity contribution in [1.82, 2.24) is 9.13 Å². The van der Waals surface area contributed by atoms with Gasteiger partial charge in [-0.25, -0.2) is 14.2 Å². The Labute approximate surface area is 168 Å². The van der Waals surface area contributed by atoms with Gasteiger partial charge in [-0.15, -0.1) is 0 Å². The van der Waals surface area contributed by atoms with Gasteiger partial charge in [0.1, 0.15) is 5.69 Å². The smallest absolute Gasteiger partial charge is 0.431 e. The number of alkyl halides is 6. The summed E-state index contributed by atoms with van der Waals surface area (Å²) in [6, 6.07) is 3.67. The predicted molar refractivity (Wildman–Crippen MR) is 93.3 cm³/mol. The monoisotopic (exact) mass is 456 g/mol. The van der Waals surface area contributed by atoms with Gasteiger partial charge in [-0.3, -0.25) is 9.36 Å². The Balaban J connectivity index is 2.44. The summed E-state index contributed by atoms with van der Waals surface area (Å²) in [5.74, 6) is -1.34. The minimum atomic E-state index is -4.93. The van der Waals surface area contributed by atoms with Crippen molar-refractivity contribution < 1.29 is 35.9 Å². The number of nitrogens with zero attached hydrogens (tertiary/aromatic N) is 2. The summed E-state index contributed by atoms with van der Waals surface area (Å²) in [7, 11) is 0.828. The van der Waals surface area contributed by atoms with Gasteiger partial charge in [-0.1, -0.05) is 11.6 Å². The number of halogens is 7. The fraction of sp³-hybridized carbons (Fsp3) is 0.235. The molecular weight excluding hydrogens is 446 g/mol. The molecule has 0 atom stereocenters. The molecule has 2 aromatic rings. The maximum Gasteiger partial charge on any atom is 0.431 e. The van der Waals surface area contributed by atoms with Crippen LogP contribution in [0.2, 0.25) is 5.02 Å². The number of carbonyl (C=O) groups excluding carboxylic acids is 1. The van der Waals surface area contributed by atoms with Crippen LogP contribution in [-0.4, -0.2) is 27.9 Å². The fourth-order valence-electron chi connectivity index (χ4n) is 2.29. The Kier molecular flexibility index (Phi) is 6.50. The summed E-state index contributed by atoms with van der Waals surface area (Å²) in [6.07, 6.45) is -8.06. The van der Waals surface area contributed by atoms with Gasteiger partial charge in [0.25, 0.3) is 5.56 Å². The first-order valence-corrected chi connectivity index (χ1v) is 8.20. The van der Waals surface area contributed by atoms with E-state index >= 15 is 0 Å². The van der Waals surface area contributed by atoms with Crippen molar-refractivity contribution in [2.24, 2.45) is 7.05 Å². The quantitative estimate of drug-likeness (QED) is 0.402. The van der Waals surface area contributed by atoms with Gasteiger partial charge in [0.2, 0.25) is 0 Å². The molecule has 0 aliphatic rings. The third-order valence-corrected chi connectivity index (χ3v) is 3.97. The molecule has 0 aliphatic heterocycles. The molecule has 30 heavy (non-hydrogen) atoms. The molecule has 0 saturated carbocycles. The highest BCUT2D eigenvalue weighted by Crippen LogP contribution is 2.27. The van der Waals surface area contributed by atoms with Crippen molar-refractivity contribution in [2.75, 3.05) is 6.61 Å². The molecule has 1 heterocycles. The number of hydrogen-bond acceptors (Lipinski definition) is 4. The van der Waals surface area contributed by atoms with Crippen LogP contribution in [0.25, 0.3) is 11.8 Å². The van der Waals surface area contributed by atoms with Crippen molar-refractivity contribution in [3.05, 3.63) is 67.5 Å². The van der Waals surface area contributed by atoms with Crippen molar-refractivity contribution >= 4 is 23.6 Å². The number of rotatable bonds is 4. The average molecular weight is 457 g/mol. The first-order chi connectivity index (χ1) is 13.7. The van der Waals surface area contributed by atoms with Crippen LogP contribution in [0.3, 0.4) is 0 Å². The topological polar surface area (TPSA) is 70.3 Å². The molecule has 6 nitrogen and oxygen atoms in total. The minimum Gasteiger partial charge on any atom is -0.453 e. The van der Waals surface area contributed by atoms with Crippen molar-refractivity contribution in [3.8, 4) is 5.69 Å². The predicted octanol–water partition coefficient (Wildman–Crippen LogP) is 3.33. The summed E-state index contributed by atoms with van der Waals surface area (Å²) in [6.45, 7) is -1.80. The number of esters is 1. The van der Waals surface area contributed by atoms with Crippen molar-refractivity contribution in [3.63, 3.8) is 0 Å². The number of hydrogen-bond donors (Lipinski definition) is 0. The summed E-state index contributed by atoms with van der Waals surface area (Å²) < 4.78 is 79.5. The summed E-state index contributed by atoms with van der Waals surface area (Å²) in [5, 5.41) is -0.0181. The van der Waals surface area contributed by atoms with E-state index in [1.54, 1.807) is 0 Å². The third kappa shape index (κ3) is 5.53. The lowest BCUT2D eigenvalue weighted by atomic mass is 10.2. The van der Waals surface area contributed by atoms with Crippen LogP contribution in [0.4, 0.5) is 26.3 Å². The van der Waals surface area contributed by atoms with Gasteiger partial charge < -0.3 is 4.74 Å². The van der Waals surface area contributed by atoms with Crippen LogP contribution in [0.5, 0.6) is 0 Å². The zero-order valence-electron chi connectivity index (χ0n) is 14.8. The van der Waals surface area contributed by atoms with Gasteiger partial charge >= 0.3 is 24.0 Å². The van der Waals surface area contributed by atoms with E-state index < -0.39 is 41.9 Å². The lowest BCUT2D eigenvalue weighted by Gasteiger charge is -2.14. The van der Waals surface area contributed by atoms with E-state index in [9.17, 15) is 40.7 Å². The van der Waals surface area contributed by atoms with E-state index in [1.807, 2.05) is 0 Å². The molecule has 0 amide bonds. The van der Waals surface area contributed by atoms with Crippen LogP contribution in [-0.2, 0) is 22.8 Å². The summed E-state index contributed by atoms with van der Waals surface area (Å²) >= 11 is 5.91. The molecule has 1 aromatic heterocycles. The van der Waals surface area contributed by atoms with E-state index in [1.165, 1.54) is 6.07 Å². The second kappa shape index (κ2) is 8.38. The van der Waals surface area contributed by atoms with Gasteiger partial charge in [0, 0.05) is 24.2 Å². The highest BCUT2D eigenvalue weighted by atomic mass is 35.5. The zero-order chi connectivity index (χ0) is 22.9. The molecule has 162 valence electrons. The molecule has 0 aliphatic carbocycles. The van der Waals surface area contributed by atoms with Crippen molar-refractivity contribution in [2.45, 2.75) is 12.4 Å². The molecule has 2 rings (SSSR count). The number of aromatic nitrogens is 2. The Morgan fingerprint density at radius 1 is 1.13 bits per heavy atom. The first-order valence-electron chi connectivity index (χ1n) is 7.82. The highest BCUT2D eigenvalue weighted by Gasteiger charge is 2.35. The first kappa shape index (κ1) is 23.3. The summed E-state index contributed by atoms with van der Waals surface area (Å²) in [4.78, 5) is 35.8. The van der Waals surface area contributed by atoms with Gasteiger partial charge in [0.05, 0.1) is 5.69 Å². The molecule has 0 fully saturated rings. The summed E-state index contributed by atoms with van der Waals surface area (Å²) in [5.41, 5.74) is -4.20. The lowest BCUT2D eigenvalue weighted by molar-refractivity contribution is -0.182. The van der Waals surface area contributed by atoms with Gasteiger partial charge in [-0.05, 0) is 29.8 Å². The van der Waals surface area contributed by atoms with Crippen LogP contribution in [0.1, 0.15) is 11.3 Å². The zero-order valence-corrected chi connectivity index (χ0v) is 15.6. The molecule has 0 radical (unpaired) electrons. The molecule has 0 spiro atoms. The molecule has 1 aromatic carbocycles. The molecular formula is C17H11ClF6N2O4. The van der Waals surface area contributed by atoms with E-state index in [0.29, 0.717) is 10.6 Å². The lowest BCUT2D eigenvalue weighted by Crippen LogP contribution is -2.40. The maximum absolute atomic E-state index is 12.9. The third-order valence-electron chi connectivity index (χ3n) is 3.63. The normalized spacial score (nSPS) is 12.4. The SMILES string of the molecule is Cn1c(C(F)(F)F)cc(=O)n(-c2ccc(Cl)c(/C=C/C(=O)OCC(F)(F)F)c2)c1=O. The second-order valence-electron chi connectivity index (χ2n) is 5.80. The second-order valence-corrected chi connectivity index (χ2v) is 6.21. The largest absolute Gasteiger partial charge is 0.453 e. The molecule has 0 unspecified atom stereocenters. The Bertz CT molecular complexity index is 1120. The van der Waals surface area contributed by atoms with Crippen LogP contribution in [0.15, 0.2) is 39.9 Å². The average Bonchev–Trinajstić information content (AvgIpc) is 2.61. The highest BCUT2D eigenvalue weighted by molar-refractivity contribution is 6.32. The van der Waals surface area contributed by atoms with E-state index in [4.69, 9.17) is 11.6 Å². The number of ether oxygens (including phenoxy) is 1. The number of benzene rings is 1. The van der Waals surface area contributed by atoms with E-state index in [2.05, 4.69) is 4.74 Å². The molecule has 0 saturated heterocycles. The Morgan fingerprint density at radius 2 is 1.77 bits per heavy atom. The van der Waals surface area contributed by atoms with Gasteiger partial charge in [0.15, 0.2) is 6.61 Å². The van der Waals surface area contributed by atoms with Crippen LogP contribution in [0, 0.1) is 0 Å². The van der Waals surface area contributed by atoms with Gasteiger partial charge in [-0.2, -0.15) is 26.3 Å². The number of carbonyl (C=O) groups is 1. The molecule has 0 bridgehead atoms. The van der Waals surface area contributed by atoms with Crippen LogP contribution >= 0.6 is 11.6 Å². The standard InChI is InChI=1S/C17H11ClF6N2O4/c1-25-12(17(22,23)24)7-13(27)26(15(25)29)10-3-4-11(18)9(6-10)2-5-14(28)30-8-16(19,20)21/h2-7H,8H2,1H3/b5-2+. The van der Waals surface area contributed by atoms with E-state index in [-0.39, 0.29) is 26.9 Å². The molecule has 13 heteroatoms.